The molecule has 138 valence electrons. The fraction of sp³-hybridized carbons (Fsp3) is 0.923. The van der Waals surface area contributed by atoms with Crippen LogP contribution in [0, 0.1) is 0 Å². The van der Waals surface area contributed by atoms with Gasteiger partial charge in [-0.15, -0.1) is 0 Å². The fourth-order valence-electron chi connectivity index (χ4n) is 1.96. The maximum absolute atomic E-state index is 12.0. The zero-order chi connectivity index (χ0) is 18.7. The quantitative estimate of drug-likeness (QED) is 0.585. The SMILES string of the molecule is CCCN(C(=O)O)[Si](O[Si](C)(C)C)(O[Si](C)(C)C)O[Si](C)(C)C. The molecule has 0 heterocycles. The van der Waals surface area contributed by atoms with Gasteiger partial charge in [-0.2, -0.15) is 0 Å². The van der Waals surface area contributed by atoms with Gasteiger partial charge in [-0.05, 0) is 65.3 Å². The number of rotatable bonds is 9. The highest BCUT2D eigenvalue weighted by molar-refractivity contribution is 6.89. The van der Waals surface area contributed by atoms with Crippen LogP contribution >= 0.6 is 0 Å². The van der Waals surface area contributed by atoms with Crippen LogP contribution in [0.1, 0.15) is 13.3 Å². The van der Waals surface area contributed by atoms with E-state index >= 15 is 0 Å². The summed E-state index contributed by atoms with van der Waals surface area (Å²) in [5.41, 5.74) is 0. The minimum Gasteiger partial charge on any atom is -0.465 e. The Hall–Kier alpha value is 0.0175. The van der Waals surface area contributed by atoms with Crippen molar-refractivity contribution in [2.75, 3.05) is 6.54 Å². The van der Waals surface area contributed by atoms with E-state index in [-0.39, 0.29) is 0 Å². The monoisotopic (exact) mass is 397 g/mol. The first kappa shape index (κ1) is 23.0. The molecule has 0 aliphatic carbocycles. The van der Waals surface area contributed by atoms with Gasteiger partial charge in [0.1, 0.15) is 0 Å². The lowest BCUT2D eigenvalue weighted by atomic mass is 10.5. The minimum atomic E-state index is -3.50. The highest BCUT2D eigenvalue weighted by Gasteiger charge is 2.58. The number of nitrogens with zero attached hydrogens (tertiary/aromatic N) is 1. The van der Waals surface area contributed by atoms with Crippen molar-refractivity contribution in [3.05, 3.63) is 0 Å². The van der Waals surface area contributed by atoms with E-state index in [0.29, 0.717) is 13.0 Å². The summed E-state index contributed by atoms with van der Waals surface area (Å²) < 4.78 is 20.5. The molecule has 0 atom stereocenters. The largest absolute Gasteiger partial charge is 0.606 e. The highest BCUT2D eigenvalue weighted by atomic mass is 28.5. The van der Waals surface area contributed by atoms with E-state index in [9.17, 15) is 9.90 Å². The van der Waals surface area contributed by atoms with E-state index in [1.165, 1.54) is 4.57 Å². The lowest BCUT2D eigenvalue weighted by molar-refractivity contribution is 0.123. The summed E-state index contributed by atoms with van der Waals surface area (Å²) in [6, 6.07) is 0. The molecular formula is C13H35NO5Si4. The molecule has 0 unspecified atom stereocenters. The molecule has 0 spiro atoms. The molecule has 0 aliphatic heterocycles. The van der Waals surface area contributed by atoms with Crippen molar-refractivity contribution < 1.29 is 22.2 Å². The molecule has 0 saturated carbocycles. The maximum Gasteiger partial charge on any atom is 0.606 e. The van der Waals surface area contributed by atoms with Gasteiger partial charge in [0.25, 0.3) is 0 Å². The van der Waals surface area contributed by atoms with Gasteiger partial charge in [0, 0.05) is 6.54 Å². The summed E-state index contributed by atoms with van der Waals surface area (Å²) in [7, 11) is -9.73. The van der Waals surface area contributed by atoms with Crippen LogP contribution in [-0.2, 0) is 12.3 Å². The summed E-state index contributed by atoms with van der Waals surface area (Å²) in [6.45, 7) is 20.7. The minimum absolute atomic E-state index is 0.362. The Morgan fingerprint density at radius 1 is 0.826 bits per heavy atom. The van der Waals surface area contributed by atoms with E-state index in [2.05, 4.69) is 0 Å². The molecule has 10 heteroatoms. The zero-order valence-corrected chi connectivity index (χ0v) is 20.4. The van der Waals surface area contributed by atoms with Gasteiger partial charge < -0.3 is 17.5 Å². The van der Waals surface area contributed by atoms with Gasteiger partial charge in [0.15, 0.2) is 25.0 Å². The van der Waals surface area contributed by atoms with Crippen LogP contribution < -0.4 is 0 Å². The molecule has 23 heavy (non-hydrogen) atoms. The van der Waals surface area contributed by atoms with Gasteiger partial charge in [-0.25, -0.2) is 4.79 Å². The smallest absolute Gasteiger partial charge is 0.465 e. The van der Waals surface area contributed by atoms with Crippen molar-refractivity contribution in [3.8, 4) is 0 Å². The Morgan fingerprint density at radius 2 is 1.13 bits per heavy atom. The van der Waals surface area contributed by atoms with Crippen LogP contribution in [0.4, 0.5) is 4.79 Å². The summed E-state index contributed by atoms with van der Waals surface area (Å²) in [5, 5.41) is 9.80. The summed E-state index contributed by atoms with van der Waals surface area (Å²) >= 11 is 0. The first-order chi connectivity index (χ1) is 10.0. The first-order valence-corrected chi connectivity index (χ1v) is 20.0. The van der Waals surface area contributed by atoms with Crippen LogP contribution in [0.25, 0.3) is 0 Å². The standard InChI is InChI=1S/C13H35NO5Si4/c1-11-12-14(13(15)16)23(17-20(2,3)4,18-21(5,6)7)19-22(8,9)10/h11-12H2,1-10H3,(H,15,16). The maximum atomic E-state index is 12.0. The number of carboxylic acid groups (broad SMARTS) is 1. The molecule has 0 fully saturated rings. The van der Waals surface area contributed by atoms with E-state index in [4.69, 9.17) is 12.3 Å². The molecule has 0 bridgehead atoms. The fourth-order valence-corrected chi connectivity index (χ4v) is 14.9. The average molecular weight is 398 g/mol. The van der Waals surface area contributed by atoms with Crippen LogP contribution in [0.15, 0.2) is 0 Å². The van der Waals surface area contributed by atoms with E-state index in [1.807, 2.05) is 65.8 Å². The molecule has 6 nitrogen and oxygen atoms in total. The van der Waals surface area contributed by atoms with Gasteiger partial charge in [0.05, 0.1) is 0 Å². The van der Waals surface area contributed by atoms with Gasteiger partial charge >= 0.3 is 15.1 Å². The predicted molar refractivity (Wildman–Crippen MR) is 104 cm³/mol. The highest BCUT2D eigenvalue weighted by Crippen LogP contribution is 2.29. The Balaban J connectivity index is 6.13. The molecule has 0 aromatic carbocycles. The molecule has 1 amide bonds. The molecule has 1 N–H and O–H groups in total. The van der Waals surface area contributed by atoms with Gasteiger partial charge in [-0.3, -0.25) is 4.57 Å². The lowest BCUT2D eigenvalue weighted by Crippen LogP contribution is -2.71. The van der Waals surface area contributed by atoms with Crippen molar-refractivity contribution >= 4 is 40.0 Å². The second-order valence-electron chi connectivity index (χ2n) is 8.60. The van der Waals surface area contributed by atoms with Crippen molar-refractivity contribution in [1.29, 1.82) is 0 Å². The third-order valence-electron chi connectivity index (χ3n) is 2.31. The summed E-state index contributed by atoms with van der Waals surface area (Å²) in [6.07, 6.45) is -0.325. The molecule has 0 radical (unpaired) electrons. The Labute approximate surface area is 146 Å². The van der Waals surface area contributed by atoms with Crippen LogP contribution in [0.5, 0.6) is 0 Å². The van der Waals surface area contributed by atoms with Crippen LogP contribution in [0.3, 0.4) is 0 Å². The topological polar surface area (TPSA) is 68.2 Å². The van der Waals surface area contributed by atoms with Gasteiger partial charge in [-0.1, -0.05) is 6.92 Å². The third-order valence-corrected chi connectivity index (χ3v) is 13.8. The number of carbonyl (C=O) groups is 1. The van der Waals surface area contributed by atoms with Gasteiger partial charge in [0.2, 0.25) is 0 Å². The molecule has 0 aromatic heterocycles. The van der Waals surface area contributed by atoms with Crippen LogP contribution in [-0.4, -0.2) is 56.2 Å². The zero-order valence-electron chi connectivity index (χ0n) is 16.4. The predicted octanol–water partition coefficient (Wildman–Crippen LogP) is 4.37. The van der Waals surface area contributed by atoms with Crippen molar-refractivity contribution in [3.63, 3.8) is 0 Å². The van der Waals surface area contributed by atoms with Crippen molar-refractivity contribution in [2.24, 2.45) is 0 Å². The van der Waals surface area contributed by atoms with E-state index < -0.39 is 40.0 Å². The summed E-state index contributed by atoms with van der Waals surface area (Å²) in [5.74, 6) is 0. The average Bonchev–Trinajstić information content (AvgIpc) is 2.16. The summed E-state index contributed by atoms with van der Waals surface area (Å²) in [4.78, 5) is 12.0. The van der Waals surface area contributed by atoms with Crippen molar-refractivity contribution in [1.82, 2.24) is 4.57 Å². The Kier molecular flexibility index (Phi) is 7.94. The normalized spacial score (nSPS) is 14.0. The molecule has 0 saturated heterocycles. The second kappa shape index (κ2) is 7.93. The Bertz CT molecular complexity index is 360. The van der Waals surface area contributed by atoms with E-state index in [0.717, 1.165) is 0 Å². The molecule has 0 aromatic rings. The molecule has 0 aliphatic rings. The Morgan fingerprint density at radius 3 is 1.30 bits per heavy atom. The third kappa shape index (κ3) is 9.17. The second-order valence-corrected chi connectivity index (χ2v) is 25.3. The van der Waals surface area contributed by atoms with Crippen LogP contribution in [0.2, 0.25) is 58.9 Å². The number of amides is 1. The number of hydrogen-bond acceptors (Lipinski definition) is 4. The number of hydrogen-bond donors (Lipinski definition) is 1. The first-order valence-electron chi connectivity index (χ1n) is 8.12. The molecule has 0 rings (SSSR count). The van der Waals surface area contributed by atoms with E-state index in [1.54, 1.807) is 0 Å². The lowest BCUT2D eigenvalue weighted by Gasteiger charge is -2.46. The molecular weight excluding hydrogens is 362 g/mol. The van der Waals surface area contributed by atoms with Crippen molar-refractivity contribution in [2.45, 2.75) is 72.3 Å².